The van der Waals surface area contributed by atoms with Crippen molar-refractivity contribution in [1.82, 2.24) is 10.2 Å². The van der Waals surface area contributed by atoms with Gasteiger partial charge >= 0.3 is 0 Å². The van der Waals surface area contributed by atoms with Gasteiger partial charge in [-0.1, -0.05) is 6.92 Å². The Morgan fingerprint density at radius 3 is 2.44 bits per heavy atom. The molecule has 0 bridgehead atoms. The first-order valence-electron chi connectivity index (χ1n) is 5.50. The number of carbonyl (C=O) groups is 1. The summed E-state index contributed by atoms with van der Waals surface area (Å²) in [5.74, 6) is 0.811. The monoisotopic (exact) mass is 248 g/mol. The van der Waals surface area contributed by atoms with Gasteiger partial charge in [0.1, 0.15) is 0 Å². The lowest BCUT2D eigenvalue weighted by Crippen LogP contribution is -2.47. The number of hydrogen-bond donors (Lipinski definition) is 2. The van der Waals surface area contributed by atoms with Crippen LogP contribution in [-0.4, -0.2) is 60.7 Å². The third-order valence-electron chi connectivity index (χ3n) is 2.36. The van der Waals surface area contributed by atoms with Crippen molar-refractivity contribution in [2.24, 2.45) is 5.92 Å². The van der Waals surface area contributed by atoms with Crippen molar-refractivity contribution in [3.8, 4) is 0 Å². The highest BCUT2D eigenvalue weighted by Crippen LogP contribution is 2.05. The van der Waals surface area contributed by atoms with Crippen molar-refractivity contribution in [1.29, 1.82) is 0 Å². The highest BCUT2D eigenvalue weighted by atomic mass is 32.2. The van der Waals surface area contributed by atoms with Crippen LogP contribution in [0.5, 0.6) is 0 Å². The van der Waals surface area contributed by atoms with E-state index in [-0.39, 0.29) is 17.9 Å². The zero-order chi connectivity index (χ0) is 12.7. The Morgan fingerprint density at radius 1 is 1.44 bits per heavy atom. The van der Waals surface area contributed by atoms with E-state index in [2.05, 4.69) is 5.32 Å². The molecule has 0 aliphatic carbocycles. The summed E-state index contributed by atoms with van der Waals surface area (Å²) >= 11 is 1.65. The van der Waals surface area contributed by atoms with Crippen molar-refractivity contribution in [3.05, 3.63) is 0 Å². The fourth-order valence-electron chi connectivity index (χ4n) is 1.32. The van der Waals surface area contributed by atoms with Crippen LogP contribution in [0.15, 0.2) is 0 Å². The lowest BCUT2D eigenvalue weighted by atomic mass is 10.1. The number of thioether (sulfide) groups is 1. The van der Waals surface area contributed by atoms with Gasteiger partial charge in [0.2, 0.25) is 5.91 Å². The molecule has 5 heteroatoms. The molecule has 0 aromatic carbocycles. The van der Waals surface area contributed by atoms with Crippen molar-refractivity contribution in [2.45, 2.75) is 26.0 Å². The molecule has 0 fully saturated rings. The topological polar surface area (TPSA) is 52.6 Å². The second-order valence-corrected chi connectivity index (χ2v) is 5.39. The molecule has 0 radical (unpaired) electrons. The van der Waals surface area contributed by atoms with Gasteiger partial charge in [0.15, 0.2) is 0 Å². The maximum Gasteiger partial charge on any atom is 0.223 e. The van der Waals surface area contributed by atoms with E-state index in [0.29, 0.717) is 6.54 Å². The average Bonchev–Trinajstić information content (AvgIpc) is 2.16. The molecule has 0 spiro atoms. The van der Waals surface area contributed by atoms with Crippen LogP contribution in [-0.2, 0) is 4.79 Å². The number of hydrogen-bond acceptors (Lipinski definition) is 4. The van der Waals surface area contributed by atoms with Gasteiger partial charge in [0, 0.05) is 18.2 Å². The first-order chi connectivity index (χ1) is 7.38. The lowest BCUT2D eigenvalue weighted by Gasteiger charge is -2.24. The Kier molecular flexibility index (Phi) is 7.80. The quantitative estimate of drug-likeness (QED) is 0.685. The molecule has 16 heavy (non-hydrogen) atoms. The SMILES string of the molecule is CSC[C@@H](C)C(=O)NC(C)C(O)CN(C)C. The Labute approximate surface area is 103 Å². The van der Waals surface area contributed by atoms with E-state index in [1.807, 2.05) is 39.1 Å². The number of nitrogens with zero attached hydrogens (tertiary/aromatic N) is 1. The van der Waals surface area contributed by atoms with E-state index >= 15 is 0 Å². The highest BCUT2D eigenvalue weighted by molar-refractivity contribution is 7.98. The standard InChI is InChI=1S/C11H24N2O2S/c1-8(7-16-5)11(15)12-9(2)10(14)6-13(3)4/h8-10,14H,6-7H2,1-5H3,(H,12,15)/t8-,9?,10?/m1/s1. The molecule has 0 saturated heterocycles. The van der Waals surface area contributed by atoms with E-state index in [4.69, 9.17) is 0 Å². The van der Waals surface area contributed by atoms with E-state index in [1.165, 1.54) is 0 Å². The fraction of sp³-hybridized carbons (Fsp3) is 0.909. The molecule has 4 nitrogen and oxygen atoms in total. The second-order valence-electron chi connectivity index (χ2n) is 4.48. The van der Waals surface area contributed by atoms with Crippen LogP contribution >= 0.6 is 11.8 Å². The summed E-state index contributed by atoms with van der Waals surface area (Å²) in [5, 5.41) is 12.6. The molecule has 0 aliphatic heterocycles. The van der Waals surface area contributed by atoms with Crippen LogP contribution in [0.1, 0.15) is 13.8 Å². The van der Waals surface area contributed by atoms with Gasteiger partial charge < -0.3 is 15.3 Å². The average molecular weight is 248 g/mol. The number of aliphatic hydroxyl groups excluding tert-OH is 1. The number of rotatable bonds is 7. The predicted molar refractivity (Wildman–Crippen MR) is 69.7 cm³/mol. The maximum absolute atomic E-state index is 11.7. The summed E-state index contributed by atoms with van der Waals surface area (Å²) < 4.78 is 0. The van der Waals surface area contributed by atoms with Crippen LogP contribution in [0, 0.1) is 5.92 Å². The van der Waals surface area contributed by atoms with E-state index in [1.54, 1.807) is 11.8 Å². The zero-order valence-corrected chi connectivity index (χ0v) is 11.7. The van der Waals surface area contributed by atoms with Crippen molar-refractivity contribution in [2.75, 3.05) is 32.6 Å². The van der Waals surface area contributed by atoms with E-state index < -0.39 is 6.10 Å². The van der Waals surface area contributed by atoms with Gasteiger partial charge in [0.25, 0.3) is 0 Å². The number of aliphatic hydroxyl groups is 1. The van der Waals surface area contributed by atoms with Gasteiger partial charge in [-0.3, -0.25) is 4.79 Å². The Balaban J connectivity index is 4.02. The highest BCUT2D eigenvalue weighted by Gasteiger charge is 2.20. The summed E-state index contributed by atoms with van der Waals surface area (Å²) in [6.07, 6.45) is 1.45. The van der Waals surface area contributed by atoms with E-state index in [0.717, 1.165) is 5.75 Å². The largest absolute Gasteiger partial charge is 0.390 e. The fourth-order valence-corrected chi connectivity index (χ4v) is 1.97. The smallest absolute Gasteiger partial charge is 0.223 e. The van der Waals surface area contributed by atoms with Crippen LogP contribution in [0.4, 0.5) is 0 Å². The summed E-state index contributed by atoms with van der Waals surface area (Å²) in [6, 6.07) is -0.209. The van der Waals surface area contributed by atoms with Crippen LogP contribution < -0.4 is 5.32 Å². The molecule has 2 unspecified atom stereocenters. The number of likely N-dealkylation sites (N-methyl/N-ethyl adjacent to an activating group) is 1. The Bertz CT molecular complexity index is 212. The molecular weight excluding hydrogens is 224 g/mol. The van der Waals surface area contributed by atoms with Gasteiger partial charge in [-0.25, -0.2) is 0 Å². The van der Waals surface area contributed by atoms with Gasteiger partial charge in [-0.2, -0.15) is 11.8 Å². The molecule has 96 valence electrons. The number of nitrogens with one attached hydrogen (secondary N) is 1. The van der Waals surface area contributed by atoms with Crippen LogP contribution in [0.25, 0.3) is 0 Å². The molecule has 1 amide bonds. The molecule has 0 heterocycles. The lowest BCUT2D eigenvalue weighted by molar-refractivity contribution is -0.125. The summed E-state index contributed by atoms with van der Waals surface area (Å²) in [4.78, 5) is 13.6. The second kappa shape index (κ2) is 7.92. The van der Waals surface area contributed by atoms with Crippen molar-refractivity contribution in [3.63, 3.8) is 0 Å². The molecule has 3 atom stereocenters. The first kappa shape index (κ1) is 15.7. The molecule has 0 rings (SSSR count). The van der Waals surface area contributed by atoms with Gasteiger partial charge in [-0.05, 0) is 27.3 Å². The minimum atomic E-state index is -0.527. The van der Waals surface area contributed by atoms with E-state index in [9.17, 15) is 9.90 Å². The molecular formula is C11H24N2O2S. The molecule has 0 aromatic rings. The van der Waals surface area contributed by atoms with Crippen LogP contribution in [0.2, 0.25) is 0 Å². The van der Waals surface area contributed by atoms with Crippen molar-refractivity contribution >= 4 is 17.7 Å². The van der Waals surface area contributed by atoms with Gasteiger partial charge in [0.05, 0.1) is 12.1 Å². The van der Waals surface area contributed by atoms with Crippen molar-refractivity contribution < 1.29 is 9.90 Å². The first-order valence-corrected chi connectivity index (χ1v) is 6.90. The number of carbonyl (C=O) groups excluding carboxylic acids is 1. The van der Waals surface area contributed by atoms with Crippen LogP contribution in [0.3, 0.4) is 0 Å². The third kappa shape index (κ3) is 6.35. The van der Waals surface area contributed by atoms with Gasteiger partial charge in [-0.15, -0.1) is 0 Å². The predicted octanol–water partition coefficient (Wildman–Crippen LogP) is 0.413. The molecule has 2 N–H and O–H groups in total. The maximum atomic E-state index is 11.7. The third-order valence-corrected chi connectivity index (χ3v) is 3.20. The minimum absolute atomic E-state index is 0.0102. The summed E-state index contributed by atoms with van der Waals surface area (Å²) in [7, 11) is 3.79. The Morgan fingerprint density at radius 2 is 2.00 bits per heavy atom. The minimum Gasteiger partial charge on any atom is -0.390 e. The molecule has 0 aromatic heterocycles. The molecule has 0 saturated carbocycles. The Hall–Kier alpha value is -0.260. The normalized spacial score (nSPS) is 16.9. The zero-order valence-electron chi connectivity index (χ0n) is 10.9. The summed E-state index contributed by atoms with van der Waals surface area (Å²) in [5.41, 5.74) is 0. The number of amides is 1. The summed E-state index contributed by atoms with van der Waals surface area (Å²) in [6.45, 7) is 4.28. The molecule has 0 aliphatic rings.